The van der Waals surface area contributed by atoms with Crippen LogP contribution >= 0.6 is 11.3 Å². The van der Waals surface area contributed by atoms with Gasteiger partial charge in [0, 0.05) is 63.1 Å². The minimum Gasteiger partial charge on any atom is -0.314 e. The van der Waals surface area contributed by atoms with Gasteiger partial charge in [0.15, 0.2) is 0 Å². The molecule has 1 aliphatic heterocycles. The Kier molecular flexibility index (Phi) is 7.61. The number of carbonyl (C=O) groups is 2. The number of nitrogens with zero attached hydrogens (tertiary/aromatic N) is 5. The predicted molar refractivity (Wildman–Crippen MR) is 161 cm³/mol. The van der Waals surface area contributed by atoms with E-state index in [1.807, 2.05) is 61.1 Å². The Morgan fingerprint density at radius 3 is 2.55 bits per heavy atom. The van der Waals surface area contributed by atoms with E-state index in [2.05, 4.69) is 16.8 Å². The van der Waals surface area contributed by atoms with Crippen LogP contribution in [0.2, 0.25) is 0 Å². The number of carbonyl (C=O) groups excluding carboxylic acids is 2. The summed E-state index contributed by atoms with van der Waals surface area (Å²) in [5.74, 6) is -0.419. The van der Waals surface area contributed by atoms with E-state index in [-0.39, 0.29) is 17.4 Å². The van der Waals surface area contributed by atoms with Gasteiger partial charge in [0.25, 0.3) is 5.56 Å². The van der Waals surface area contributed by atoms with Crippen LogP contribution in [0, 0.1) is 12.3 Å². The number of thiophene rings is 1. The van der Waals surface area contributed by atoms with Crippen molar-refractivity contribution in [3.63, 3.8) is 0 Å². The maximum atomic E-state index is 13.3. The highest BCUT2D eigenvalue weighted by Crippen LogP contribution is 2.39. The number of aryl methyl sites for hydroxylation is 1. The molecule has 0 aliphatic carbocycles. The van der Waals surface area contributed by atoms with Crippen LogP contribution in [0.1, 0.15) is 37.5 Å². The third-order valence-corrected chi connectivity index (χ3v) is 8.71. The standard InChI is InChI=1S/C31H35N5O3S/c1-6-36-25-8-7-22(17-26(25)33(5)29(38)31(3,4)30(36)39)19-34(20-23-18-32-12-9-21(23)2)14-15-35-13-10-27-24(28(35)37)11-16-40-27/h7-13,16-18H,6,14-15,19-20H2,1-5H3. The van der Waals surface area contributed by atoms with Gasteiger partial charge in [-0.3, -0.25) is 24.3 Å². The molecule has 4 aromatic rings. The number of fused-ring (bicyclic) bond motifs is 2. The van der Waals surface area contributed by atoms with Gasteiger partial charge in [-0.15, -0.1) is 11.3 Å². The predicted octanol–water partition coefficient (Wildman–Crippen LogP) is 4.82. The molecule has 1 aromatic carbocycles. The van der Waals surface area contributed by atoms with Gasteiger partial charge in [-0.05, 0) is 80.1 Å². The second-order valence-electron chi connectivity index (χ2n) is 10.9. The highest BCUT2D eigenvalue weighted by molar-refractivity contribution is 7.17. The van der Waals surface area contributed by atoms with Crippen molar-refractivity contribution < 1.29 is 9.59 Å². The van der Waals surface area contributed by atoms with Crippen LogP contribution in [0.25, 0.3) is 10.1 Å². The maximum Gasteiger partial charge on any atom is 0.259 e. The SMILES string of the molecule is CCN1C(=O)C(C)(C)C(=O)N(C)c2cc(CN(CCn3ccc4sccc4c3=O)Cc3cnccc3C)ccc21. The Morgan fingerprint density at radius 1 is 1.00 bits per heavy atom. The van der Waals surface area contributed by atoms with E-state index < -0.39 is 5.41 Å². The molecule has 0 radical (unpaired) electrons. The molecule has 2 amide bonds. The fourth-order valence-corrected chi connectivity index (χ4v) is 6.13. The molecule has 8 nitrogen and oxygen atoms in total. The van der Waals surface area contributed by atoms with Crippen LogP contribution in [0.15, 0.2) is 65.2 Å². The first kappa shape index (κ1) is 27.7. The monoisotopic (exact) mass is 557 g/mol. The molecule has 0 N–H and O–H groups in total. The van der Waals surface area contributed by atoms with Crippen molar-refractivity contribution in [2.45, 2.75) is 47.3 Å². The number of pyridine rings is 2. The summed E-state index contributed by atoms with van der Waals surface area (Å²) < 4.78 is 2.77. The number of anilines is 2. The molecule has 0 saturated carbocycles. The number of rotatable bonds is 8. The van der Waals surface area contributed by atoms with Crippen molar-refractivity contribution in [3.8, 4) is 0 Å². The largest absolute Gasteiger partial charge is 0.314 e. The van der Waals surface area contributed by atoms with E-state index >= 15 is 0 Å². The highest BCUT2D eigenvalue weighted by atomic mass is 32.1. The molecule has 3 aromatic heterocycles. The van der Waals surface area contributed by atoms with Gasteiger partial charge in [0.05, 0.1) is 16.8 Å². The lowest BCUT2D eigenvalue weighted by atomic mass is 9.90. The van der Waals surface area contributed by atoms with Gasteiger partial charge in [-0.25, -0.2) is 0 Å². The molecule has 0 atom stereocenters. The lowest BCUT2D eigenvalue weighted by molar-refractivity contribution is -0.137. The van der Waals surface area contributed by atoms with E-state index in [0.717, 1.165) is 38.2 Å². The summed E-state index contributed by atoms with van der Waals surface area (Å²) in [6.45, 7) is 10.3. The smallest absolute Gasteiger partial charge is 0.259 e. The van der Waals surface area contributed by atoms with Crippen LogP contribution < -0.4 is 15.4 Å². The molecule has 0 bridgehead atoms. The second kappa shape index (κ2) is 11.0. The number of amides is 2. The second-order valence-corrected chi connectivity index (χ2v) is 11.8. The molecule has 0 spiro atoms. The fourth-order valence-electron chi connectivity index (χ4n) is 5.35. The molecular formula is C31H35N5O3S. The minimum absolute atomic E-state index is 0.0216. The van der Waals surface area contributed by atoms with Crippen molar-refractivity contribution >= 4 is 44.6 Å². The zero-order chi connectivity index (χ0) is 28.6. The molecule has 0 unspecified atom stereocenters. The van der Waals surface area contributed by atoms with Crippen molar-refractivity contribution in [3.05, 3.63) is 87.4 Å². The molecule has 4 heterocycles. The Hall–Kier alpha value is -3.82. The number of hydrogen-bond acceptors (Lipinski definition) is 6. The fraction of sp³-hybridized carbons (Fsp3) is 0.355. The van der Waals surface area contributed by atoms with Gasteiger partial charge in [0.1, 0.15) is 5.41 Å². The van der Waals surface area contributed by atoms with Gasteiger partial charge in [-0.2, -0.15) is 0 Å². The average molecular weight is 558 g/mol. The summed E-state index contributed by atoms with van der Waals surface area (Å²) in [7, 11) is 1.74. The minimum atomic E-state index is -1.15. The van der Waals surface area contributed by atoms with E-state index in [0.29, 0.717) is 32.7 Å². The zero-order valence-electron chi connectivity index (χ0n) is 23.7. The first-order valence-electron chi connectivity index (χ1n) is 13.5. The van der Waals surface area contributed by atoms with E-state index in [9.17, 15) is 14.4 Å². The summed E-state index contributed by atoms with van der Waals surface area (Å²) in [4.78, 5) is 49.5. The van der Waals surface area contributed by atoms with E-state index in [1.165, 1.54) is 0 Å². The maximum absolute atomic E-state index is 13.3. The van der Waals surface area contributed by atoms with E-state index in [4.69, 9.17) is 0 Å². The molecule has 40 heavy (non-hydrogen) atoms. The topological polar surface area (TPSA) is 78.8 Å². The average Bonchev–Trinajstić information content (AvgIpc) is 3.42. The molecular weight excluding hydrogens is 522 g/mol. The molecule has 1 aliphatic rings. The summed E-state index contributed by atoms with van der Waals surface area (Å²) >= 11 is 1.57. The normalized spacial score (nSPS) is 15.2. The van der Waals surface area contributed by atoms with Gasteiger partial charge < -0.3 is 14.4 Å². The van der Waals surface area contributed by atoms with Crippen LogP contribution in [0.4, 0.5) is 11.4 Å². The lowest BCUT2D eigenvalue weighted by Crippen LogP contribution is -2.47. The lowest BCUT2D eigenvalue weighted by Gasteiger charge is -2.27. The summed E-state index contributed by atoms with van der Waals surface area (Å²) in [6, 6.07) is 11.9. The van der Waals surface area contributed by atoms with Crippen molar-refractivity contribution in [1.82, 2.24) is 14.5 Å². The Balaban J connectivity index is 1.46. The summed E-state index contributed by atoms with van der Waals surface area (Å²) in [6.07, 6.45) is 5.55. The van der Waals surface area contributed by atoms with Crippen LogP contribution in [0.3, 0.4) is 0 Å². The van der Waals surface area contributed by atoms with Gasteiger partial charge in [0.2, 0.25) is 11.8 Å². The van der Waals surface area contributed by atoms with Crippen molar-refractivity contribution in [1.29, 1.82) is 0 Å². The van der Waals surface area contributed by atoms with Crippen LogP contribution in [-0.4, -0.2) is 46.4 Å². The first-order chi connectivity index (χ1) is 19.1. The van der Waals surface area contributed by atoms with Crippen LogP contribution in [0.5, 0.6) is 0 Å². The third-order valence-electron chi connectivity index (χ3n) is 7.82. The zero-order valence-corrected chi connectivity index (χ0v) is 24.5. The first-order valence-corrected chi connectivity index (χ1v) is 14.4. The molecule has 0 fully saturated rings. The van der Waals surface area contributed by atoms with Crippen molar-refractivity contribution in [2.75, 3.05) is 29.9 Å². The molecule has 208 valence electrons. The van der Waals surface area contributed by atoms with Crippen LogP contribution in [-0.2, 0) is 29.2 Å². The van der Waals surface area contributed by atoms with Gasteiger partial charge >= 0.3 is 0 Å². The van der Waals surface area contributed by atoms with Gasteiger partial charge in [-0.1, -0.05) is 6.07 Å². The summed E-state index contributed by atoms with van der Waals surface area (Å²) in [5.41, 5.74) is 3.63. The Morgan fingerprint density at radius 2 is 1.80 bits per heavy atom. The third kappa shape index (κ3) is 5.07. The number of hydrogen-bond donors (Lipinski definition) is 0. The quantitative estimate of drug-likeness (QED) is 0.290. The van der Waals surface area contributed by atoms with Crippen molar-refractivity contribution in [2.24, 2.45) is 5.41 Å². The number of aromatic nitrogens is 2. The molecule has 0 saturated heterocycles. The Labute approximate surface area is 238 Å². The highest BCUT2D eigenvalue weighted by Gasteiger charge is 2.45. The Bertz CT molecular complexity index is 1640. The molecule has 9 heteroatoms. The molecule has 5 rings (SSSR count). The number of benzene rings is 1. The summed E-state index contributed by atoms with van der Waals surface area (Å²) in [5, 5.41) is 2.70. The van der Waals surface area contributed by atoms with E-state index in [1.54, 1.807) is 52.8 Å².